The molecule has 2 aromatic rings. The third kappa shape index (κ3) is 5.04. The largest absolute Gasteiger partial charge is 0.380 e. The Balaban J connectivity index is 2.02. The number of anilines is 1. The van der Waals surface area contributed by atoms with Crippen LogP contribution in [0.5, 0.6) is 0 Å². The Hall–Kier alpha value is -2.07. The zero-order valence-corrected chi connectivity index (χ0v) is 13.7. The zero-order chi connectivity index (χ0) is 16.2. The summed E-state index contributed by atoms with van der Waals surface area (Å²) in [5, 5.41) is 6.89. The molecule has 1 amide bonds. The summed E-state index contributed by atoms with van der Waals surface area (Å²) in [6, 6.07) is 9.41. The Labute approximate surface area is 135 Å². The molecule has 0 bridgehead atoms. The van der Waals surface area contributed by atoms with Crippen LogP contribution in [0.15, 0.2) is 42.7 Å². The highest BCUT2D eigenvalue weighted by atomic mass is 35.5. The molecule has 0 saturated heterocycles. The van der Waals surface area contributed by atoms with Crippen LogP contribution in [0.25, 0.3) is 0 Å². The highest BCUT2D eigenvalue weighted by Gasteiger charge is 2.15. The summed E-state index contributed by atoms with van der Waals surface area (Å²) in [5.41, 5.74) is 2.17. The minimum atomic E-state index is -0.274. The minimum Gasteiger partial charge on any atom is -0.380 e. The van der Waals surface area contributed by atoms with Gasteiger partial charge in [0.15, 0.2) is 0 Å². The van der Waals surface area contributed by atoms with Gasteiger partial charge in [0.2, 0.25) is 0 Å². The van der Waals surface area contributed by atoms with Crippen LogP contribution >= 0.6 is 11.6 Å². The Morgan fingerprint density at radius 1 is 1.18 bits per heavy atom. The predicted octanol–water partition coefficient (Wildman–Crippen LogP) is 3.88. The first-order chi connectivity index (χ1) is 10.3. The van der Waals surface area contributed by atoms with E-state index in [4.69, 9.17) is 11.6 Å². The molecule has 2 rings (SSSR count). The van der Waals surface area contributed by atoms with Crippen LogP contribution in [0, 0.1) is 0 Å². The first-order valence-corrected chi connectivity index (χ1v) is 7.47. The standard InChI is InChI=1S/C17H20ClN3O/c1-17(2,3)21-16(22)13-8-15(11-19-10-13)20-9-12-4-6-14(18)7-5-12/h4-8,10-11,20H,9H2,1-3H3,(H,21,22). The van der Waals surface area contributed by atoms with Gasteiger partial charge in [0.05, 0.1) is 11.3 Å². The molecule has 116 valence electrons. The van der Waals surface area contributed by atoms with Gasteiger partial charge in [-0.2, -0.15) is 0 Å². The smallest absolute Gasteiger partial charge is 0.253 e. The third-order valence-electron chi connectivity index (χ3n) is 2.90. The highest BCUT2D eigenvalue weighted by Crippen LogP contribution is 2.13. The lowest BCUT2D eigenvalue weighted by Crippen LogP contribution is -2.40. The molecule has 0 unspecified atom stereocenters. The molecule has 0 fully saturated rings. The second-order valence-electron chi connectivity index (χ2n) is 6.15. The van der Waals surface area contributed by atoms with Gasteiger partial charge < -0.3 is 10.6 Å². The van der Waals surface area contributed by atoms with Gasteiger partial charge >= 0.3 is 0 Å². The van der Waals surface area contributed by atoms with Crippen molar-refractivity contribution in [2.45, 2.75) is 32.9 Å². The van der Waals surface area contributed by atoms with E-state index in [9.17, 15) is 4.79 Å². The Morgan fingerprint density at radius 2 is 1.86 bits per heavy atom. The Bertz CT molecular complexity index is 648. The van der Waals surface area contributed by atoms with E-state index < -0.39 is 0 Å². The molecule has 0 spiro atoms. The van der Waals surface area contributed by atoms with E-state index in [2.05, 4.69) is 15.6 Å². The van der Waals surface area contributed by atoms with Gasteiger partial charge in [0, 0.05) is 29.5 Å². The van der Waals surface area contributed by atoms with Crippen LogP contribution in [0.1, 0.15) is 36.7 Å². The molecule has 1 heterocycles. The molecule has 1 aromatic heterocycles. The van der Waals surface area contributed by atoms with Crippen LogP contribution in [0.2, 0.25) is 5.02 Å². The molecule has 1 aromatic carbocycles. The summed E-state index contributed by atoms with van der Waals surface area (Å²) >= 11 is 5.86. The number of hydrogen-bond donors (Lipinski definition) is 2. The second-order valence-corrected chi connectivity index (χ2v) is 6.58. The first kappa shape index (κ1) is 16.3. The first-order valence-electron chi connectivity index (χ1n) is 7.09. The number of rotatable bonds is 4. The maximum Gasteiger partial charge on any atom is 0.253 e. The summed E-state index contributed by atoms with van der Waals surface area (Å²) in [5.74, 6) is -0.129. The summed E-state index contributed by atoms with van der Waals surface area (Å²) in [6.07, 6.45) is 3.26. The van der Waals surface area contributed by atoms with Crippen molar-refractivity contribution in [3.8, 4) is 0 Å². The van der Waals surface area contributed by atoms with E-state index in [1.807, 2.05) is 45.0 Å². The Morgan fingerprint density at radius 3 is 2.50 bits per heavy atom. The number of nitrogens with zero attached hydrogens (tertiary/aromatic N) is 1. The van der Waals surface area contributed by atoms with Crippen molar-refractivity contribution >= 4 is 23.2 Å². The molecular formula is C17H20ClN3O. The maximum absolute atomic E-state index is 12.1. The van der Waals surface area contributed by atoms with E-state index in [-0.39, 0.29) is 11.4 Å². The third-order valence-corrected chi connectivity index (χ3v) is 3.15. The van der Waals surface area contributed by atoms with Crippen molar-refractivity contribution in [3.63, 3.8) is 0 Å². The topological polar surface area (TPSA) is 54.0 Å². The number of benzene rings is 1. The number of aromatic nitrogens is 1. The molecule has 22 heavy (non-hydrogen) atoms. The molecule has 0 saturated carbocycles. The molecule has 0 aliphatic heterocycles. The lowest BCUT2D eigenvalue weighted by Gasteiger charge is -2.20. The molecule has 0 atom stereocenters. The summed E-state index contributed by atoms with van der Waals surface area (Å²) in [6.45, 7) is 6.48. The molecule has 4 nitrogen and oxygen atoms in total. The lowest BCUT2D eigenvalue weighted by atomic mass is 10.1. The van der Waals surface area contributed by atoms with Gasteiger partial charge in [-0.15, -0.1) is 0 Å². The van der Waals surface area contributed by atoms with Crippen LogP contribution < -0.4 is 10.6 Å². The SMILES string of the molecule is CC(C)(C)NC(=O)c1cncc(NCc2ccc(Cl)cc2)c1. The van der Waals surface area contributed by atoms with Crippen LogP contribution in [-0.2, 0) is 6.54 Å². The Kier molecular flexibility index (Phi) is 5.03. The zero-order valence-electron chi connectivity index (χ0n) is 13.0. The van der Waals surface area contributed by atoms with Crippen molar-refractivity contribution in [3.05, 3.63) is 58.9 Å². The maximum atomic E-state index is 12.1. The number of halogens is 1. The van der Waals surface area contributed by atoms with Gasteiger partial charge in [-0.05, 0) is 44.5 Å². The minimum absolute atomic E-state index is 0.129. The highest BCUT2D eigenvalue weighted by molar-refractivity contribution is 6.30. The summed E-state index contributed by atoms with van der Waals surface area (Å²) in [7, 11) is 0. The van der Waals surface area contributed by atoms with Crippen molar-refractivity contribution in [2.75, 3.05) is 5.32 Å². The number of pyridine rings is 1. The quantitative estimate of drug-likeness (QED) is 0.900. The number of amides is 1. The van der Waals surface area contributed by atoms with Crippen molar-refractivity contribution in [1.29, 1.82) is 0 Å². The number of carbonyl (C=O) groups is 1. The second kappa shape index (κ2) is 6.79. The molecule has 0 aliphatic carbocycles. The van der Waals surface area contributed by atoms with E-state index in [0.29, 0.717) is 17.1 Å². The van der Waals surface area contributed by atoms with Gasteiger partial charge in [-0.3, -0.25) is 9.78 Å². The van der Waals surface area contributed by atoms with Crippen LogP contribution in [0.4, 0.5) is 5.69 Å². The normalized spacial score (nSPS) is 11.1. The van der Waals surface area contributed by atoms with Crippen LogP contribution in [0.3, 0.4) is 0 Å². The van der Waals surface area contributed by atoms with Gasteiger partial charge in [-0.1, -0.05) is 23.7 Å². The fourth-order valence-corrected chi connectivity index (χ4v) is 2.01. The fourth-order valence-electron chi connectivity index (χ4n) is 1.88. The van der Waals surface area contributed by atoms with E-state index in [1.165, 1.54) is 0 Å². The van der Waals surface area contributed by atoms with Gasteiger partial charge in [0.1, 0.15) is 0 Å². The average Bonchev–Trinajstić information content (AvgIpc) is 2.45. The predicted molar refractivity (Wildman–Crippen MR) is 90.2 cm³/mol. The number of nitrogens with one attached hydrogen (secondary N) is 2. The summed E-state index contributed by atoms with van der Waals surface area (Å²) in [4.78, 5) is 16.2. The van der Waals surface area contributed by atoms with E-state index >= 15 is 0 Å². The molecular weight excluding hydrogens is 298 g/mol. The number of hydrogen-bond acceptors (Lipinski definition) is 3. The monoisotopic (exact) mass is 317 g/mol. The van der Waals surface area contributed by atoms with Crippen molar-refractivity contribution in [1.82, 2.24) is 10.3 Å². The van der Waals surface area contributed by atoms with Gasteiger partial charge in [0.25, 0.3) is 5.91 Å². The molecule has 0 radical (unpaired) electrons. The number of carbonyl (C=O) groups excluding carboxylic acids is 1. The summed E-state index contributed by atoms with van der Waals surface area (Å²) < 4.78 is 0. The van der Waals surface area contributed by atoms with Gasteiger partial charge in [-0.25, -0.2) is 0 Å². The lowest BCUT2D eigenvalue weighted by molar-refractivity contribution is 0.0919. The van der Waals surface area contributed by atoms with Crippen molar-refractivity contribution < 1.29 is 4.79 Å². The fraction of sp³-hybridized carbons (Fsp3) is 0.294. The van der Waals surface area contributed by atoms with Crippen LogP contribution in [-0.4, -0.2) is 16.4 Å². The molecule has 2 N–H and O–H groups in total. The average molecular weight is 318 g/mol. The molecule has 5 heteroatoms. The van der Waals surface area contributed by atoms with E-state index in [1.54, 1.807) is 18.5 Å². The van der Waals surface area contributed by atoms with E-state index in [0.717, 1.165) is 11.3 Å². The van der Waals surface area contributed by atoms with Crippen molar-refractivity contribution in [2.24, 2.45) is 0 Å². The molecule has 0 aliphatic rings.